The quantitative estimate of drug-likeness (QED) is 0.342. The van der Waals surface area contributed by atoms with E-state index in [0.29, 0.717) is 18.4 Å². The van der Waals surface area contributed by atoms with Crippen LogP contribution in [0.25, 0.3) is 33.1 Å². The summed E-state index contributed by atoms with van der Waals surface area (Å²) in [6.45, 7) is 4.98. The van der Waals surface area contributed by atoms with Crippen LogP contribution in [0.2, 0.25) is 0 Å². The van der Waals surface area contributed by atoms with E-state index >= 15 is 0 Å². The molecular formula is C29H28N4O2. The van der Waals surface area contributed by atoms with Crippen LogP contribution in [0.3, 0.4) is 0 Å². The number of imidazole rings is 1. The summed E-state index contributed by atoms with van der Waals surface area (Å²) < 4.78 is 6.23. The maximum Gasteiger partial charge on any atom is 0.122 e. The lowest BCUT2D eigenvalue weighted by Gasteiger charge is -2.28. The lowest BCUT2D eigenvalue weighted by atomic mass is 9.81. The largest absolute Gasteiger partial charge is 0.508 e. The predicted octanol–water partition coefficient (Wildman–Crippen LogP) is 6.01. The van der Waals surface area contributed by atoms with Gasteiger partial charge >= 0.3 is 0 Å². The Hall–Kier alpha value is -3.93. The molecule has 0 aliphatic carbocycles. The highest BCUT2D eigenvalue weighted by Crippen LogP contribution is 2.35. The summed E-state index contributed by atoms with van der Waals surface area (Å²) in [5.74, 6) is 3.02. The SMILES string of the molecule is Cc1nc2ccc(-c3ccc4c(c3)CC(C)C(Cc3ncnc5ccc(O)cc35)CCO4)cc2[nH]1. The first kappa shape index (κ1) is 21.6. The summed E-state index contributed by atoms with van der Waals surface area (Å²) in [6.07, 6.45) is 4.35. The first-order valence-electron chi connectivity index (χ1n) is 12.2. The number of aromatic hydroxyl groups is 1. The number of H-pyrrole nitrogens is 1. The van der Waals surface area contributed by atoms with Crippen molar-refractivity contribution in [1.82, 2.24) is 19.9 Å². The van der Waals surface area contributed by atoms with E-state index < -0.39 is 0 Å². The molecule has 0 fully saturated rings. The summed E-state index contributed by atoms with van der Waals surface area (Å²) in [5.41, 5.74) is 7.49. The van der Waals surface area contributed by atoms with Gasteiger partial charge < -0.3 is 14.8 Å². The minimum Gasteiger partial charge on any atom is -0.508 e. The minimum atomic E-state index is 0.243. The highest BCUT2D eigenvalue weighted by atomic mass is 16.5. The van der Waals surface area contributed by atoms with Crippen molar-refractivity contribution in [2.75, 3.05) is 6.61 Å². The van der Waals surface area contributed by atoms with Crippen molar-refractivity contribution in [2.45, 2.75) is 33.1 Å². The molecule has 0 saturated heterocycles. The number of aromatic amines is 1. The molecule has 2 unspecified atom stereocenters. The second-order valence-electron chi connectivity index (χ2n) is 9.68. The van der Waals surface area contributed by atoms with Gasteiger partial charge in [0.1, 0.15) is 23.7 Å². The van der Waals surface area contributed by atoms with E-state index in [1.807, 2.05) is 13.0 Å². The maximum atomic E-state index is 10.0. The first-order valence-corrected chi connectivity index (χ1v) is 12.2. The molecule has 5 aromatic rings. The average molecular weight is 465 g/mol. The lowest BCUT2D eigenvalue weighted by molar-refractivity contribution is 0.221. The molecule has 0 radical (unpaired) electrons. The van der Waals surface area contributed by atoms with Crippen molar-refractivity contribution in [2.24, 2.45) is 11.8 Å². The van der Waals surface area contributed by atoms with Gasteiger partial charge in [-0.3, -0.25) is 0 Å². The number of nitrogens with one attached hydrogen (secondary N) is 1. The zero-order chi connectivity index (χ0) is 23.9. The fourth-order valence-electron chi connectivity index (χ4n) is 5.31. The number of hydrogen-bond donors (Lipinski definition) is 2. The van der Waals surface area contributed by atoms with E-state index in [2.05, 4.69) is 63.3 Å². The molecule has 0 saturated carbocycles. The molecule has 6 nitrogen and oxygen atoms in total. The van der Waals surface area contributed by atoms with E-state index in [4.69, 9.17) is 4.74 Å². The molecule has 2 atom stereocenters. The van der Waals surface area contributed by atoms with Crippen molar-refractivity contribution in [1.29, 1.82) is 0 Å². The summed E-state index contributed by atoms with van der Waals surface area (Å²) in [4.78, 5) is 16.8. The molecule has 1 aliphatic heterocycles. The average Bonchev–Trinajstić information content (AvgIpc) is 3.22. The fourth-order valence-corrected chi connectivity index (χ4v) is 5.31. The third-order valence-corrected chi connectivity index (χ3v) is 7.24. The number of nitrogens with zero attached hydrogens (tertiary/aromatic N) is 3. The Labute approximate surface area is 204 Å². The van der Waals surface area contributed by atoms with E-state index in [0.717, 1.165) is 58.5 Å². The standard InChI is InChI=1S/C29H28N4O2/c1-17-11-22-12-20(21-3-6-26-28(14-21)33-18(2)32-26)4-8-29(22)35-10-9-19(17)13-27-24-15-23(34)5-7-25(24)30-16-31-27/h3-8,12,14-17,19,34H,9-11,13H2,1-2H3,(H,32,33). The lowest BCUT2D eigenvalue weighted by Crippen LogP contribution is -2.23. The molecule has 6 rings (SSSR count). The van der Waals surface area contributed by atoms with Crippen LogP contribution < -0.4 is 4.74 Å². The molecular weight excluding hydrogens is 436 g/mol. The van der Waals surface area contributed by atoms with Gasteiger partial charge in [0.25, 0.3) is 0 Å². The zero-order valence-corrected chi connectivity index (χ0v) is 20.0. The Kier molecular flexibility index (Phi) is 5.36. The number of phenolic OH excluding ortho intramolecular Hbond substituents is 1. The number of aryl methyl sites for hydroxylation is 1. The van der Waals surface area contributed by atoms with Gasteiger partial charge in [0.15, 0.2) is 0 Å². The van der Waals surface area contributed by atoms with Crippen LogP contribution in [0.15, 0.2) is 60.9 Å². The monoisotopic (exact) mass is 464 g/mol. The molecule has 2 N–H and O–H groups in total. The van der Waals surface area contributed by atoms with Gasteiger partial charge in [-0.15, -0.1) is 0 Å². The van der Waals surface area contributed by atoms with Crippen LogP contribution >= 0.6 is 0 Å². The maximum absolute atomic E-state index is 10.0. The molecule has 35 heavy (non-hydrogen) atoms. The summed E-state index contributed by atoms with van der Waals surface area (Å²) >= 11 is 0. The Morgan fingerprint density at radius 1 is 1.00 bits per heavy atom. The van der Waals surface area contributed by atoms with Gasteiger partial charge in [0, 0.05) is 5.39 Å². The smallest absolute Gasteiger partial charge is 0.122 e. The van der Waals surface area contributed by atoms with Crippen molar-refractivity contribution < 1.29 is 9.84 Å². The number of ether oxygens (including phenoxy) is 1. The molecule has 0 spiro atoms. The number of benzene rings is 3. The Morgan fingerprint density at radius 2 is 1.83 bits per heavy atom. The second kappa shape index (κ2) is 8.69. The third-order valence-electron chi connectivity index (χ3n) is 7.24. The molecule has 2 aromatic heterocycles. The molecule has 0 amide bonds. The van der Waals surface area contributed by atoms with Crippen LogP contribution in [0.4, 0.5) is 0 Å². The fraction of sp³-hybridized carbons (Fsp3) is 0.276. The summed E-state index contributed by atoms with van der Waals surface area (Å²) in [7, 11) is 0. The van der Waals surface area contributed by atoms with Crippen LogP contribution in [-0.4, -0.2) is 31.6 Å². The Bertz CT molecular complexity index is 1540. The van der Waals surface area contributed by atoms with Crippen molar-refractivity contribution >= 4 is 21.9 Å². The Morgan fingerprint density at radius 3 is 2.74 bits per heavy atom. The number of aromatic nitrogens is 4. The van der Waals surface area contributed by atoms with E-state index in [9.17, 15) is 5.11 Å². The summed E-state index contributed by atoms with van der Waals surface area (Å²) in [6, 6.07) is 18.2. The molecule has 176 valence electrons. The van der Waals surface area contributed by atoms with Crippen LogP contribution in [0, 0.1) is 18.8 Å². The van der Waals surface area contributed by atoms with Crippen molar-refractivity contribution in [3.05, 3.63) is 78.0 Å². The highest BCUT2D eigenvalue weighted by molar-refractivity contribution is 5.83. The van der Waals surface area contributed by atoms with Gasteiger partial charge in [-0.1, -0.05) is 19.1 Å². The Balaban J connectivity index is 1.28. The molecule has 0 bridgehead atoms. The highest BCUT2D eigenvalue weighted by Gasteiger charge is 2.24. The van der Waals surface area contributed by atoms with E-state index in [-0.39, 0.29) is 5.75 Å². The van der Waals surface area contributed by atoms with Gasteiger partial charge in [-0.05, 0) is 97.2 Å². The van der Waals surface area contributed by atoms with Crippen molar-refractivity contribution in [3.8, 4) is 22.6 Å². The topological polar surface area (TPSA) is 83.9 Å². The number of rotatable bonds is 3. The van der Waals surface area contributed by atoms with Crippen LogP contribution in [0.5, 0.6) is 11.5 Å². The van der Waals surface area contributed by atoms with E-state index in [1.54, 1.807) is 18.5 Å². The van der Waals surface area contributed by atoms with Gasteiger partial charge in [-0.25, -0.2) is 15.0 Å². The number of fused-ring (bicyclic) bond motifs is 3. The number of hydrogen-bond acceptors (Lipinski definition) is 5. The number of phenols is 1. The van der Waals surface area contributed by atoms with Gasteiger partial charge in [-0.2, -0.15) is 0 Å². The molecule has 6 heteroatoms. The zero-order valence-electron chi connectivity index (χ0n) is 20.0. The first-order chi connectivity index (χ1) is 17.0. The van der Waals surface area contributed by atoms with Crippen LogP contribution in [0.1, 0.15) is 30.4 Å². The van der Waals surface area contributed by atoms with Gasteiger partial charge in [0.2, 0.25) is 0 Å². The molecule has 3 aromatic carbocycles. The minimum absolute atomic E-state index is 0.243. The van der Waals surface area contributed by atoms with Crippen LogP contribution in [-0.2, 0) is 12.8 Å². The van der Waals surface area contributed by atoms with Gasteiger partial charge in [0.05, 0.1) is 28.9 Å². The second-order valence-corrected chi connectivity index (χ2v) is 9.68. The molecule has 1 aliphatic rings. The summed E-state index contributed by atoms with van der Waals surface area (Å²) in [5, 5.41) is 10.9. The van der Waals surface area contributed by atoms with E-state index in [1.165, 1.54) is 16.7 Å². The molecule has 3 heterocycles. The van der Waals surface area contributed by atoms with Crippen molar-refractivity contribution in [3.63, 3.8) is 0 Å². The normalized spacial score (nSPS) is 18.1. The third kappa shape index (κ3) is 4.20. The predicted molar refractivity (Wildman–Crippen MR) is 138 cm³/mol.